The Morgan fingerprint density at radius 1 is 0.875 bits per heavy atom. The summed E-state index contributed by atoms with van der Waals surface area (Å²) in [5.74, 6) is 0.368. The quantitative estimate of drug-likeness (QED) is 0.412. The first-order chi connectivity index (χ1) is 15.3. The molecule has 4 rings (SSSR count). The van der Waals surface area contributed by atoms with Gasteiger partial charge in [0.25, 0.3) is 15.9 Å². The molecule has 0 saturated heterocycles. The molecular formula is C25H24N2O4S. The molecule has 0 radical (unpaired) electrons. The number of carbonyl (C=O) groups excluding carboxylic acids is 1. The average Bonchev–Trinajstić information content (AvgIpc) is 3.27. The van der Waals surface area contributed by atoms with Crippen LogP contribution in [-0.2, 0) is 10.0 Å². The Morgan fingerprint density at radius 3 is 2.28 bits per heavy atom. The van der Waals surface area contributed by atoms with Gasteiger partial charge in [-0.15, -0.1) is 0 Å². The summed E-state index contributed by atoms with van der Waals surface area (Å²) in [6.45, 7) is 1.87. The van der Waals surface area contributed by atoms with Crippen LogP contribution >= 0.6 is 0 Å². The van der Waals surface area contributed by atoms with E-state index in [0.717, 1.165) is 11.0 Å². The van der Waals surface area contributed by atoms with Crippen molar-refractivity contribution in [1.29, 1.82) is 0 Å². The molecule has 6 nitrogen and oxygen atoms in total. The number of fused-ring (bicyclic) bond motifs is 1. The second kappa shape index (κ2) is 8.51. The number of hydrogen-bond donors (Lipinski definition) is 0. The third kappa shape index (κ3) is 3.99. The lowest BCUT2D eigenvalue weighted by Crippen LogP contribution is -2.30. The van der Waals surface area contributed by atoms with E-state index in [1.807, 2.05) is 43.3 Å². The fraction of sp³-hybridized carbons (Fsp3) is 0.160. The molecule has 1 heterocycles. The van der Waals surface area contributed by atoms with Gasteiger partial charge in [-0.1, -0.05) is 42.5 Å². The number of carbonyl (C=O) groups is 1. The third-order valence-corrected chi connectivity index (χ3v) is 7.40. The van der Waals surface area contributed by atoms with Crippen LogP contribution in [-0.4, -0.2) is 33.3 Å². The van der Waals surface area contributed by atoms with Gasteiger partial charge in [0, 0.05) is 25.0 Å². The van der Waals surface area contributed by atoms with E-state index in [4.69, 9.17) is 4.42 Å². The van der Waals surface area contributed by atoms with Crippen molar-refractivity contribution in [1.82, 2.24) is 4.90 Å². The number of furan rings is 1. The van der Waals surface area contributed by atoms with Crippen molar-refractivity contribution < 1.29 is 17.6 Å². The largest absolute Gasteiger partial charge is 0.459 e. The maximum atomic E-state index is 13.2. The number of sulfonamides is 1. The molecule has 1 unspecified atom stereocenters. The molecule has 1 aromatic heterocycles. The van der Waals surface area contributed by atoms with Crippen molar-refractivity contribution in [3.8, 4) is 0 Å². The molecule has 0 N–H and O–H groups in total. The van der Waals surface area contributed by atoms with Gasteiger partial charge in [-0.3, -0.25) is 9.10 Å². The third-order valence-electron chi connectivity index (χ3n) is 5.62. The Bertz CT molecular complexity index is 1330. The standard InChI is InChI=1S/C25H24N2O4S/c1-18(24-17-19-10-7-8-15-23(19)31-24)26(2)25(28)20-11-9-14-22(16-20)32(29,30)27(3)21-12-5-4-6-13-21/h4-18H,1-3H3. The van der Waals surface area contributed by atoms with Gasteiger partial charge in [-0.25, -0.2) is 8.42 Å². The van der Waals surface area contributed by atoms with Crippen LogP contribution in [0.4, 0.5) is 5.69 Å². The van der Waals surface area contributed by atoms with Gasteiger partial charge < -0.3 is 9.32 Å². The fourth-order valence-electron chi connectivity index (χ4n) is 3.50. The number of hydrogen-bond acceptors (Lipinski definition) is 4. The molecule has 0 saturated carbocycles. The molecule has 1 amide bonds. The highest BCUT2D eigenvalue weighted by molar-refractivity contribution is 7.92. The van der Waals surface area contributed by atoms with Crippen molar-refractivity contribution in [2.75, 3.05) is 18.4 Å². The Balaban J connectivity index is 1.60. The summed E-state index contributed by atoms with van der Waals surface area (Å²) in [6.07, 6.45) is 0. The lowest BCUT2D eigenvalue weighted by Gasteiger charge is -2.24. The van der Waals surface area contributed by atoms with Crippen LogP contribution in [0.1, 0.15) is 29.1 Å². The molecule has 0 aliphatic heterocycles. The van der Waals surface area contributed by atoms with E-state index < -0.39 is 10.0 Å². The zero-order valence-corrected chi connectivity index (χ0v) is 18.9. The molecule has 0 aliphatic rings. The summed E-state index contributed by atoms with van der Waals surface area (Å²) in [6, 6.07) is 24.2. The van der Waals surface area contributed by atoms with Crippen molar-refractivity contribution in [3.05, 3.63) is 96.3 Å². The van der Waals surface area contributed by atoms with Crippen molar-refractivity contribution in [2.24, 2.45) is 0 Å². The van der Waals surface area contributed by atoms with Crippen LogP contribution in [0, 0.1) is 0 Å². The van der Waals surface area contributed by atoms with Gasteiger partial charge in [0.05, 0.1) is 16.6 Å². The second-order valence-corrected chi connectivity index (χ2v) is 9.58. The summed E-state index contributed by atoms with van der Waals surface area (Å²) in [5, 5.41) is 0.965. The number of anilines is 1. The van der Waals surface area contributed by atoms with Gasteiger partial charge in [0.1, 0.15) is 11.3 Å². The van der Waals surface area contributed by atoms with E-state index in [2.05, 4.69) is 0 Å². The molecule has 164 valence electrons. The van der Waals surface area contributed by atoms with Crippen molar-refractivity contribution in [2.45, 2.75) is 17.9 Å². The highest BCUT2D eigenvalue weighted by atomic mass is 32.2. The van der Waals surface area contributed by atoms with E-state index in [1.165, 1.54) is 23.5 Å². The predicted octanol–water partition coefficient (Wildman–Crippen LogP) is 5.09. The first kappa shape index (κ1) is 21.6. The van der Waals surface area contributed by atoms with E-state index in [1.54, 1.807) is 48.3 Å². The molecule has 4 aromatic rings. The minimum absolute atomic E-state index is 0.0551. The molecule has 7 heteroatoms. The molecule has 32 heavy (non-hydrogen) atoms. The molecule has 0 spiro atoms. The van der Waals surface area contributed by atoms with Gasteiger partial charge >= 0.3 is 0 Å². The molecule has 3 aromatic carbocycles. The number of benzene rings is 3. The Kier molecular flexibility index (Phi) is 5.76. The van der Waals surface area contributed by atoms with Gasteiger partial charge in [-0.05, 0) is 49.4 Å². The highest BCUT2D eigenvalue weighted by Gasteiger charge is 2.25. The maximum Gasteiger partial charge on any atom is 0.264 e. The van der Waals surface area contributed by atoms with Gasteiger partial charge in [-0.2, -0.15) is 0 Å². The van der Waals surface area contributed by atoms with E-state index in [-0.39, 0.29) is 22.4 Å². The molecule has 1 atom stereocenters. The lowest BCUT2D eigenvalue weighted by atomic mass is 10.1. The average molecular weight is 449 g/mol. The van der Waals surface area contributed by atoms with Crippen LogP contribution in [0.2, 0.25) is 0 Å². The van der Waals surface area contributed by atoms with E-state index in [9.17, 15) is 13.2 Å². The monoisotopic (exact) mass is 448 g/mol. The molecular weight excluding hydrogens is 424 g/mol. The van der Waals surface area contributed by atoms with Crippen molar-refractivity contribution in [3.63, 3.8) is 0 Å². The predicted molar refractivity (Wildman–Crippen MR) is 125 cm³/mol. The molecule has 0 aliphatic carbocycles. The summed E-state index contributed by atoms with van der Waals surface area (Å²) >= 11 is 0. The van der Waals surface area contributed by atoms with Crippen LogP contribution in [0.3, 0.4) is 0 Å². The van der Waals surface area contributed by atoms with Crippen molar-refractivity contribution >= 4 is 32.6 Å². The number of nitrogens with zero attached hydrogens (tertiary/aromatic N) is 2. The Hall–Kier alpha value is -3.58. The number of rotatable bonds is 6. The maximum absolute atomic E-state index is 13.2. The van der Waals surface area contributed by atoms with Crippen LogP contribution in [0.5, 0.6) is 0 Å². The van der Waals surface area contributed by atoms with E-state index in [0.29, 0.717) is 11.4 Å². The lowest BCUT2D eigenvalue weighted by molar-refractivity contribution is 0.0727. The first-order valence-electron chi connectivity index (χ1n) is 10.2. The van der Waals surface area contributed by atoms with E-state index >= 15 is 0 Å². The zero-order chi connectivity index (χ0) is 22.9. The number of para-hydroxylation sites is 2. The SMILES string of the molecule is CC(c1cc2ccccc2o1)N(C)C(=O)c1cccc(S(=O)(=O)N(C)c2ccccc2)c1. The second-order valence-electron chi connectivity index (χ2n) is 7.61. The summed E-state index contributed by atoms with van der Waals surface area (Å²) in [4.78, 5) is 14.8. The summed E-state index contributed by atoms with van der Waals surface area (Å²) in [5.41, 5.74) is 1.59. The Labute approximate surface area is 187 Å². The topological polar surface area (TPSA) is 70.8 Å². The molecule has 0 bridgehead atoms. The van der Waals surface area contributed by atoms with Gasteiger partial charge in [0.15, 0.2) is 0 Å². The Morgan fingerprint density at radius 2 is 1.56 bits per heavy atom. The van der Waals surface area contributed by atoms with Crippen LogP contribution in [0.15, 0.2) is 94.2 Å². The summed E-state index contributed by atoms with van der Waals surface area (Å²) < 4.78 is 33.3. The highest BCUT2D eigenvalue weighted by Crippen LogP contribution is 2.28. The smallest absolute Gasteiger partial charge is 0.264 e. The minimum Gasteiger partial charge on any atom is -0.459 e. The first-order valence-corrected chi connectivity index (χ1v) is 11.6. The fourth-order valence-corrected chi connectivity index (χ4v) is 4.74. The van der Waals surface area contributed by atoms with Crippen LogP contribution in [0.25, 0.3) is 11.0 Å². The zero-order valence-electron chi connectivity index (χ0n) is 18.1. The number of amides is 1. The summed E-state index contributed by atoms with van der Waals surface area (Å²) in [7, 11) is -0.646. The molecule has 0 fully saturated rings. The normalized spacial score (nSPS) is 12.5. The van der Waals surface area contributed by atoms with Gasteiger partial charge in [0.2, 0.25) is 0 Å². The minimum atomic E-state index is -3.82. The van der Waals surface area contributed by atoms with Crippen LogP contribution < -0.4 is 4.31 Å².